The molecule has 0 aliphatic rings. The van der Waals surface area contributed by atoms with Gasteiger partial charge in [0.2, 0.25) is 0 Å². The number of halogens is 1. The lowest BCUT2D eigenvalue weighted by Gasteiger charge is -2.22. The monoisotopic (exact) mass is 284 g/mol. The summed E-state index contributed by atoms with van der Waals surface area (Å²) in [5, 5.41) is 7.38. The average Bonchev–Trinajstić information content (AvgIpc) is 2.31. The smallest absolute Gasteiger partial charge is 0.0959 e. The van der Waals surface area contributed by atoms with E-state index in [1.165, 1.54) is 0 Å². The maximum Gasteiger partial charge on any atom is 0.0959 e. The molecule has 0 aliphatic heterocycles. The van der Waals surface area contributed by atoms with Gasteiger partial charge in [-0.05, 0) is 37.3 Å². The molecule has 1 unspecified atom stereocenters. The van der Waals surface area contributed by atoms with E-state index in [2.05, 4.69) is 38.0 Å². The zero-order valence-corrected chi connectivity index (χ0v) is 13.0. The Morgan fingerprint density at radius 1 is 1.33 bits per heavy atom. The molecule has 4 heteroatoms. The highest BCUT2D eigenvalue weighted by molar-refractivity contribution is 7.98. The highest BCUT2D eigenvalue weighted by Crippen LogP contribution is 2.29. The number of anilines is 1. The maximum atomic E-state index is 5.98. The predicted octanol–water partition coefficient (Wildman–Crippen LogP) is 4.58. The van der Waals surface area contributed by atoms with Crippen LogP contribution in [0.1, 0.15) is 20.8 Å². The van der Waals surface area contributed by atoms with Crippen molar-refractivity contribution >= 4 is 29.1 Å². The van der Waals surface area contributed by atoms with Gasteiger partial charge in [0.1, 0.15) is 0 Å². The molecule has 2 N–H and O–H groups in total. The Labute approximate surface area is 119 Å². The third-order valence-corrected chi connectivity index (χ3v) is 3.86. The molecule has 1 rings (SSSR count). The number of hydrogen-bond acceptors (Lipinski definition) is 3. The summed E-state index contributed by atoms with van der Waals surface area (Å²) >= 11 is 7.64. The standard InChI is InChI=1S/C14H21ClN2S/c1-9(2)10(3)16-11(4)17-13-7-6-12(15)8-14(13)18-5/h6-10,16-17H,4H2,1-3,5H3. The molecule has 1 aromatic rings. The van der Waals surface area contributed by atoms with Gasteiger partial charge in [-0.25, -0.2) is 0 Å². The van der Waals surface area contributed by atoms with Gasteiger partial charge in [-0.15, -0.1) is 11.8 Å². The number of benzene rings is 1. The molecular formula is C14H21ClN2S. The van der Waals surface area contributed by atoms with Gasteiger partial charge in [-0.2, -0.15) is 0 Å². The first kappa shape index (κ1) is 15.3. The lowest BCUT2D eigenvalue weighted by molar-refractivity contribution is 0.463. The van der Waals surface area contributed by atoms with E-state index in [1.54, 1.807) is 11.8 Å². The van der Waals surface area contributed by atoms with Crippen LogP contribution in [0.5, 0.6) is 0 Å². The second-order valence-corrected chi connectivity index (χ2v) is 5.91. The van der Waals surface area contributed by atoms with E-state index < -0.39 is 0 Å². The molecule has 1 aromatic carbocycles. The molecule has 0 aliphatic carbocycles. The van der Waals surface area contributed by atoms with Crippen molar-refractivity contribution in [2.45, 2.75) is 31.7 Å². The molecule has 0 saturated heterocycles. The molecule has 0 fully saturated rings. The number of nitrogens with one attached hydrogen (secondary N) is 2. The van der Waals surface area contributed by atoms with Crippen molar-refractivity contribution in [1.29, 1.82) is 0 Å². The van der Waals surface area contributed by atoms with E-state index in [0.29, 0.717) is 12.0 Å². The van der Waals surface area contributed by atoms with Crippen molar-refractivity contribution in [2.75, 3.05) is 11.6 Å². The maximum absolute atomic E-state index is 5.98. The molecular weight excluding hydrogens is 264 g/mol. The molecule has 0 spiro atoms. The van der Waals surface area contributed by atoms with Gasteiger partial charge in [0.25, 0.3) is 0 Å². The fraction of sp³-hybridized carbons (Fsp3) is 0.429. The van der Waals surface area contributed by atoms with Gasteiger partial charge >= 0.3 is 0 Å². The predicted molar refractivity (Wildman–Crippen MR) is 83.4 cm³/mol. The van der Waals surface area contributed by atoms with Crippen molar-refractivity contribution in [3.63, 3.8) is 0 Å². The Hall–Kier alpha value is -0.800. The second kappa shape index (κ2) is 6.95. The molecule has 0 saturated carbocycles. The first-order chi connectivity index (χ1) is 8.43. The minimum atomic E-state index is 0.384. The molecule has 0 aromatic heterocycles. The van der Waals surface area contributed by atoms with E-state index in [-0.39, 0.29) is 0 Å². The van der Waals surface area contributed by atoms with Crippen LogP contribution in [0.25, 0.3) is 0 Å². The SMILES string of the molecule is C=C(Nc1ccc(Cl)cc1SC)NC(C)C(C)C. The van der Waals surface area contributed by atoms with Gasteiger partial charge in [0.15, 0.2) is 0 Å². The minimum absolute atomic E-state index is 0.384. The van der Waals surface area contributed by atoms with Crippen molar-refractivity contribution in [1.82, 2.24) is 5.32 Å². The summed E-state index contributed by atoms with van der Waals surface area (Å²) in [6.45, 7) is 10.5. The van der Waals surface area contributed by atoms with Crippen LogP contribution in [0.2, 0.25) is 5.02 Å². The zero-order valence-electron chi connectivity index (χ0n) is 11.4. The van der Waals surface area contributed by atoms with Crippen LogP contribution >= 0.6 is 23.4 Å². The Kier molecular flexibility index (Phi) is 5.89. The van der Waals surface area contributed by atoms with Gasteiger partial charge in [-0.1, -0.05) is 32.0 Å². The van der Waals surface area contributed by atoms with Crippen molar-refractivity contribution < 1.29 is 0 Å². The summed E-state index contributed by atoms with van der Waals surface area (Å²) < 4.78 is 0. The largest absolute Gasteiger partial charge is 0.369 e. The van der Waals surface area contributed by atoms with Crippen LogP contribution in [0.15, 0.2) is 35.5 Å². The topological polar surface area (TPSA) is 24.1 Å². The minimum Gasteiger partial charge on any atom is -0.369 e. The highest BCUT2D eigenvalue weighted by atomic mass is 35.5. The van der Waals surface area contributed by atoms with Crippen molar-refractivity contribution in [2.24, 2.45) is 5.92 Å². The van der Waals surface area contributed by atoms with Crippen molar-refractivity contribution in [3.05, 3.63) is 35.6 Å². The molecule has 0 amide bonds. The summed E-state index contributed by atoms with van der Waals surface area (Å²) in [6.07, 6.45) is 2.03. The lowest BCUT2D eigenvalue weighted by Crippen LogP contribution is -2.32. The molecule has 0 radical (unpaired) electrons. The molecule has 100 valence electrons. The first-order valence-electron chi connectivity index (χ1n) is 6.00. The summed E-state index contributed by atoms with van der Waals surface area (Å²) in [4.78, 5) is 1.11. The van der Waals surface area contributed by atoms with E-state index >= 15 is 0 Å². The van der Waals surface area contributed by atoms with Gasteiger partial charge in [0, 0.05) is 16.0 Å². The Morgan fingerprint density at radius 3 is 2.56 bits per heavy atom. The zero-order chi connectivity index (χ0) is 13.7. The normalized spacial score (nSPS) is 12.3. The van der Waals surface area contributed by atoms with Gasteiger partial charge < -0.3 is 10.6 Å². The third-order valence-electron chi connectivity index (χ3n) is 2.85. The number of rotatable bonds is 6. The van der Waals surface area contributed by atoms with Crippen LogP contribution in [-0.2, 0) is 0 Å². The molecule has 2 nitrogen and oxygen atoms in total. The highest BCUT2D eigenvalue weighted by Gasteiger charge is 2.08. The van der Waals surface area contributed by atoms with E-state index in [1.807, 2.05) is 24.5 Å². The van der Waals surface area contributed by atoms with Crippen molar-refractivity contribution in [3.8, 4) is 0 Å². The van der Waals surface area contributed by atoms with Crippen LogP contribution in [0, 0.1) is 5.92 Å². The fourth-order valence-electron chi connectivity index (χ4n) is 1.41. The van der Waals surface area contributed by atoms with Crippen LogP contribution in [-0.4, -0.2) is 12.3 Å². The average molecular weight is 285 g/mol. The Bertz CT molecular complexity index is 418. The third kappa shape index (κ3) is 4.46. The summed E-state index contributed by atoms with van der Waals surface area (Å²) in [7, 11) is 0. The fourth-order valence-corrected chi connectivity index (χ4v) is 2.23. The van der Waals surface area contributed by atoms with E-state index in [9.17, 15) is 0 Å². The molecule has 0 heterocycles. The van der Waals surface area contributed by atoms with Crippen LogP contribution in [0.3, 0.4) is 0 Å². The Balaban J connectivity index is 2.70. The molecule has 0 bridgehead atoms. The van der Waals surface area contributed by atoms with Gasteiger partial charge in [-0.3, -0.25) is 0 Å². The quantitative estimate of drug-likeness (QED) is 0.748. The molecule has 1 atom stereocenters. The summed E-state index contributed by atoms with van der Waals surface area (Å²) in [5.74, 6) is 1.38. The number of thioether (sulfide) groups is 1. The summed E-state index contributed by atoms with van der Waals surface area (Å²) in [5.41, 5.74) is 1.03. The van der Waals surface area contributed by atoms with Crippen LogP contribution < -0.4 is 10.6 Å². The van der Waals surface area contributed by atoms with Crippen LogP contribution in [0.4, 0.5) is 5.69 Å². The first-order valence-corrected chi connectivity index (χ1v) is 7.60. The molecule has 18 heavy (non-hydrogen) atoms. The van der Waals surface area contributed by atoms with E-state index in [4.69, 9.17) is 11.6 Å². The second-order valence-electron chi connectivity index (χ2n) is 4.63. The summed E-state index contributed by atoms with van der Waals surface area (Å²) in [6, 6.07) is 6.19. The van der Waals surface area contributed by atoms with E-state index in [0.717, 1.165) is 21.4 Å². The lowest BCUT2D eigenvalue weighted by atomic mass is 10.1. The number of hydrogen-bond donors (Lipinski definition) is 2. The van der Waals surface area contributed by atoms with Gasteiger partial charge in [0.05, 0.1) is 11.5 Å². The Morgan fingerprint density at radius 2 is 2.00 bits per heavy atom.